The van der Waals surface area contributed by atoms with E-state index >= 15 is 0 Å². The molecule has 0 fully saturated rings. The summed E-state index contributed by atoms with van der Waals surface area (Å²) in [4.78, 5) is 11.5. The van der Waals surface area contributed by atoms with Crippen molar-refractivity contribution in [1.29, 1.82) is 0 Å². The molecule has 100 valence electrons. The van der Waals surface area contributed by atoms with Crippen LogP contribution in [0.2, 0.25) is 0 Å². The molecule has 0 aliphatic heterocycles. The molecule has 5 nitrogen and oxygen atoms in total. The van der Waals surface area contributed by atoms with Crippen LogP contribution in [0.15, 0.2) is 24.3 Å². The Morgan fingerprint density at radius 1 is 1.28 bits per heavy atom. The number of ether oxygens (including phenoxy) is 1. The highest BCUT2D eigenvalue weighted by Gasteiger charge is 2.09. The van der Waals surface area contributed by atoms with Crippen LogP contribution in [0.1, 0.15) is 23.7 Å². The van der Waals surface area contributed by atoms with Gasteiger partial charge in [-0.25, -0.2) is 13.2 Å². The van der Waals surface area contributed by atoms with Gasteiger partial charge in [0.25, 0.3) is 0 Å². The fourth-order valence-corrected chi connectivity index (χ4v) is 2.14. The molecule has 0 atom stereocenters. The van der Waals surface area contributed by atoms with Crippen molar-refractivity contribution in [2.75, 3.05) is 23.8 Å². The quantitative estimate of drug-likeness (QED) is 0.478. The SMILES string of the molecule is CCS(=O)(=O)CCCOC(=O)c1ccc(N)cc1. The molecule has 0 saturated carbocycles. The molecule has 1 rings (SSSR count). The number of nitrogens with two attached hydrogens (primary N) is 1. The summed E-state index contributed by atoms with van der Waals surface area (Å²) in [5.74, 6) is -0.318. The Morgan fingerprint density at radius 2 is 1.89 bits per heavy atom. The van der Waals surface area contributed by atoms with E-state index in [0.717, 1.165) is 0 Å². The van der Waals surface area contributed by atoms with Crippen molar-refractivity contribution in [2.24, 2.45) is 0 Å². The van der Waals surface area contributed by atoms with Crippen molar-refractivity contribution < 1.29 is 17.9 Å². The maximum Gasteiger partial charge on any atom is 0.338 e. The lowest BCUT2D eigenvalue weighted by atomic mass is 10.2. The Kier molecular flexibility index (Phi) is 5.15. The minimum absolute atomic E-state index is 0.0402. The normalized spacial score (nSPS) is 11.2. The lowest BCUT2D eigenvalue weighted by Crippen LogP contribution is -2.13. The average Bonchev–Trinajstić information content (AvgIpc) is 2.35. The monoisotopic (exact) mass is 271 g/mol. The molecule has 1 aromatic rings. The average molecular weight is 271 g/mol. The third-order valence-electron chi connectivity index (χ3n) is 2.42. The Hall–Kier alpha value is -1.56. The molecular weight excluding hydrogens is 254 g/mol. The molecule has 0 aliphatic rings. The molecule has 0 heterocycles. The number of carbonyl (C=O) groups is 1. The Morgan fingerprint density at radius 3 is 2.44 bits per heavy atom. The summed E-state index contributed by atoms with van der Waals surface area (Å²) in [5, 5.41) is 0. The largest absolute Gasteiger partial charge is 0.462 e. The van der Waals surface area contributed by atoms with Gasteiger partial charge in [-0.3, -0.25) is 0 Å². The third-order valence-corrected chi connectivity index (χ3v) is 4.21. The molecule has 0 radical (unpaired) electrons. The van der Waals surface area contributed by atoms with Crippen LogP contribution in [0.4, 0.5) is 5.69 Å². The first-order chi connectivity index (χ1) is 8.44. The molecule has 0 aromatic heterocycles. The second-order valence-corrected chi connectivity index (χ2v) is 6.32. The van der Waals surface area contributed by atoms with Crippen LogP contribution in [-0.2, 0) is 14.6 Å². The number of hydrogen-bond acceptors (Lipinski definition) is 5. The Labute approximate surface area is 107 Å². The summed E-state index contributed by atoms with van der Waals surface area (Å²) >= 11 is 0. The smallest absolute Gasteiger partial charge is 0.338 e. The van der Waals surface area contributed by atoms with Crippen molar-refractivity contribution in [2.45, 2.75) is 13.3 Å². The second kappa shape index (κ2) is 6.39. The van der Waals surface area contributed by atoms with Crippen LogP contribution in [-0.4, -0.2) is 32.5 Å². The number of sulfone groups is 1. The predicted molar refractivity (Wildman–Crippen MR) is 70.1 cm³/mol. The minimum atomic E-state index is -3.00. The highest BCUT2D eigenvalue weighted by atomic mass is 32.2. The zero-order valence-electron chi connectivity index (χ0n) is 10.3. The van der Waals surface area contributed by atoms with Gasteiger partial charge in [0.05, 0.1) is 17.9 Å². The number of rotatable bonds is 6. The first kappa shape index (κ1) is 14.5. The van der Waals surface area contributed by atoms with Crippen LogP contribution in [0.3, 0.4) is 0 Å². The number of esters is 1. The zero-order valence-corrected chi connectivity index (χ0v) is 11.1. The summed E-state index contributed by atoms with van der Waals surface area (Å²) in [7, 11) is -3.00. The summed E-state index contributed by atoms with van der Waals surface area (Å²) < 4.78 is 27.4. The summed E-state index contributed by atoms with van der Waals surface area (Å²) in [6, 6.07) is 6.36. The van der Waals surface area contributed by atoms with Crippen molar-refractivity contribution in [3.8, 4) is 0 Å². The maximum absolute atomic E-state index is 11.5. The van der Waals surface area contributed by atoms with Crippen molar-refractivity contribution in [1.82, 2.24) is 0 Å². The molecule has 0 unspecified atom stereocenters. The van der Waals surface area contributed by atoms with Gasteiger partial charge in [-0.1, -0.05) is 6.92 Å². The van der Waals surface area contributed by atoms with Crippen molar-refractivity contribution in [3.63, 3.8) is 0 Å². The van der Waals surface area contributed by atoms with Crippen molar-refractivity contribution >= 4 is 21.5 Å². The lowest BCUT2D eigenvalue weighted by molar-refractivity contribution is 0.0505. The highest BCUT2D eigenvalue weighted by Crippen LogP contribution is 2.07. The highest BCUT2D eigenvalue weighted by molar-refractivity contribution is 7.91. The van der Waals surface area contributed by atoms with E-state index in [1.807, 2.05) is 0 Å². The molecule has 0 bridgehead atoms. The van der Waals surface area contributed by atoms with Gasteiger partial charge in [0.2, 0.25) is 0 Å². The van der Waals surface area contributed by atoms with Crippen molar-refractivity contribution in [3.05, 3.63) is 29.8 Å². The number of anilines is 1. The van der Waals surface area contributed by atoms with E-state index < -0.39 is 15.8 Å². The van der Waals surface area contributed by atoms with E-state index in [0.29, 0.717) is 17.7 Å². The lowest BCUT2D eigenvalue weighted by Gasteiger charge is -2.05. The second-order valence-electron chi connectivity index (χ2n) is 3.85. The predicted octanol–water partition coefficient (Wildman–Crippen LogP) is 1.25. The number of benzene rings is 1. The van der Waals surface area contributed by atoms with Crippen LogP contribution >= 0.6 is 0 Å². The fourth-order valence-electron chi connectivity index (χ4n) is 1.29. The van der Waals surface area contributed by atoms with E-state index in [1.54, 1.807) is 31.2 Å². The van der Waals surface area contributed by atoms with Crippen LogP contribution < -0.4 is 5.73 Å². The van der Waals surface area contributed by atoms with Gasteiger partial charge in [-0.15, -0.1) is 0 Å². The van der Waals surface area contributed by atoms with Gasteiger partial charge in [0.15, 0.2) is 0 Å². The first-order valence-electron chi connectivity index (χ1n) is 5.67. The van der Waals surface area contributed by atoms with E-state index in [9.17, 15) is 13.2 Å². The molecule has 18 heavy (non-hydrogen) atoms. The third kappa shape index (κ3) is 4.75. The zero-order chi connectivity index (χ0) is 13.6. The van der Waals surface area contributed by atoms with Gasteiger partial charge in [-0.2, -0.15) is 0 Å². The molecule has 0 amide bonds. The molecular formula is C12H17NO4S. The topological polar surface area (TPSA) is 86.5 Å². The molecule has 0 saturated heterocycles. The Balaban J connectivity index is 2.36. The summed E-state index contributed by atoms with van der Waals surface area (Å²) in [5.41, 5.74) is 6.47. The Bertz CT molecular complexity index is 493. The summed E-state index contributed by atoms with van der Waals surface area (Å²) in [6.45, 7) is 1.69. The van der Waals surface area contributed by atoms with E-state index in [2.05, 4.69) is 0 Å². The van der Waals surface area contributed by atoms with Crippen LogP contribution in [0.5, 0.6) is 0 Å². The molecule has 2 N–H and O–H groups in total. The van der Waals surface area contributed by atoms with Gasteiger partial charge >= 0.3 is 5.97 Å². The molecule has 0 spiro atoms. The van der Waals surface area contributed by atoms with Gasteiger partial charge in [0, 0.05) is 11.4 Å². The van der Waals surface area contributed by atoms with Crippen LogP contribution in [0, 0.1) is 0 Å². The number of carbonyl (C=O) groups excluding carboxylic acids is 1. The summed E-state index contributed by atoms with van der Waals surface area (Å²) in [6.07, 6.45) is 0.316. The number of hydrogen-bond donors (Lipinski definition) is 1. The molecule has 6 heteroatoms. The van der Waals surface area contributed by atoms with Gasteiger partial charge < -0.3 is 10.5 Å². The minimum Gasteiger partial charge on any atom is -0.462 e. The van der Waals surface area contributed by atoms with Gasteiger partial charge in [-0.05, 0) is 30.7 Å². The maximum atomic E-state index is 11.5. The standard InChI is InChI=1S/C12H17NO4S/c1-2-18(15,16)9-3-8-17-12(14)10-4-6-11(13)7-5-10/h4-7H,2-3,8-9,13H2,1H3. The van der Waals surface area contributed by atoms with Crippen LogP contribution in [0.25, 0.3) is 0 Å². The van der Waals surface area contributed by atoms with E-state index in [-0.39, 0.29) is 18.1 Å². The number of nitrogen functional groups attached to an aromatic ring is 1. The fraction of sp³-hybridized carbons (Fsp3) is 0.417. The van der Waals surface area contributed by atoms with Gasteiger partial charge in [0.1, 0.15) is 9.84 Å². The van der Waals surface area contributed by atoms with E-state index in [4.69, 9.17) is 10.5 Å². The molecule has 1 aromatic carbocycles. The van der Waals surface area contributed by atoms with E-state index in [1.165, 1.54) is 0 Å². The molecule has 0 aliphatic carbocycles. The first-order valence-corrected chi connectivity index (χ1v) is 7.50.